The molecular weight excluding hydrogens is 424 g/mol. The maximum atomic E-state index is 12.4. The van der Waals surface area contributed by atoms with Gasteiger partial charge in [-0.25, -0.2) is 9.59 Å². The summed E-state index contributed by atoms with van der Waals surface area (Å²) in [6.45, 7) is 2.35. The van der Waals surface area contributed by atoms with Gasteiger partial charge in [0.15, 0.2) is 6.10 Å². The summed E-state index contributed by atoms with van der Waals surface area (Å²) in [5.74, 6) is -1.81. The number of carbonyl (C=O) groups is 3. The fourth-order valence-corrected chi connectivity index (χ4v) is 4.09. The van der Waals surface area contributed by atoms with Gasteiger partial charge in [-0.3, -0.25) is 4.79 Å². The average Bonchev–Trinajstić information content (AvgIpc) is 3.14. The first-order chi connectivity index (χ1) is 16.0. The highest BCUT2D eigenvalue weighted by Crippen LogP contribution is 2.44. The molecule has 2 unspecified atom stereocenters. The van der Waals surface area contributed by atoms with E-state index >= 15 is 0 Å². The van der Waals surface area contributed by atoms with E-state index in [0.717, 1.165) is 22.3 Å². The minimum absolute atomic E-state index is 0.0311. The standard InChI is InChI=1S/C25H30N2O6/c1-3-16(23(28)26-13-12-22(32-2)24(29)30)14-27-25(31)33-15-21-19-10-6-4-8-17(19)18-9-5-7-11-20(18)21/h4-11,16,21-22H,3,12-15H2,1-2H3,(H,26,28)(H,27,31)(H,29,30). The monoisotopic (exact) mass is 454 g/mol. The molecule has 0 saturated carbocycles. The van der Waals surface area contributed by atoms with Crippen molar-refractivity contribution in [2.24, 2.45) is 5.92 Å². The van der Waals surface area contributed by atoms with E-state index in [-0.39, 0.29) is 37.9 Å². The predicted octanol–water partition coefficient (Wildman–Crippen LogP) is 3.16. The molecule has 1 aliphatic rings. The van der Waals surface area contributed by atoms with Crippen molar-refractivity contribution in [3.8, 4) is 11.1 Å². The lowest BCUT2D eigenvalue weighted by Crippen LogP contribution is -2.40. The molecule has 0 saturated heterocycles. The van der Waals surface area contributed by atoms with E-state index in [1.807, 2.05) is 31.2 Å². The van der Waals surface area contributed by atoms with E-state index in [0.29, 0.717) is 6.42 Å². The Labute approximate surface area is 193 Å². The minimum Gasteiger partial charge on any atom is -0.479 e. The van der Waals surface area contributed by atoms with Gasteiger partial charge in [0.1, 0.15) is 6.61 Å². The highest BCUT2D eigenvalue weighted by Gasteiger charge is 2.29. The molecule has 3 rings (SSSR count). The number of fused-ring (bicyclic) bond motifs is 3. The van der Waals surface area contributed by atoms with Gasteiger partial charge in [-0.1, -0.05) is 55.5 Å². The second-order valence-corrected chi connectivity index (χ2v) is 7.95. The van der Waals surface area contributed by atoms with Crippen molar-refractivity contribution in [2.45, 2.75) is 31.8 Å². The van der Waals surface area contributed by atoms with Gasteiger partial charge in [0.25, 0.3) is 0 Å². The van der Waals surface area contributed by atoms with Crippen LogP contribution >= 0.6 is 0 Å². The number of hydrogen-bond donors (Lipinski definition) is 3. The van der Waals surface area contributed by atoms with Crippen LogP contribution in [0.5, 0.6) is 0 Å². The third-order valence-electron chi connectivity index (χ3n) is 5.97. The number of benzene rings is 2. The van der Waals surface area contributed by atoms with Gasteiger partial charge in [0.05, 0.1) is 5.92 Å². The lowest BCUT2D eigenvalue weighted by atomic mass is 9.98. The highest BCUT2D eigenvalue weighted by molar-refractivity contribution is 5.80. The molecular formula is C25H30N2O6. The van der Waals surface area contributed by atoms with Crippen molar-refractivity contribution < 1.29 is 29.0 Å². The van der Waals surface area contributed by atoms with Crippen molar-refractivity contribution in [1.82, 2.24) is 10.6 Å². The van der Waals surface area contributed by atoms with Crippen LogP contribution in [0.1, 0.15) is 36.8 Å². The number of carboxylic acid groups (broad SMARTS) is 1. The Hall–Kier alpha value is -3.39. The molecule has 0 spiro atoms. The Bertz CT molecular complexity index is 947. The van der Waals surface area contributed by atoms with E-state index in [4.69, 9.17) is 14.6 Å². The van der Waals surface area contributed by atoms with Crippen LogP contribution in [-0.2, 0) is 19.1 Å². The zero-order valence-corrected chi connectivity index (χ0v) is 18.9. The van der Waals surface area contributed by atoms with Gasteiger partial charge in [-0.2, -0.15) is 0 Å². The van der Waals surface area contributed by atoms with Crippen molar-refractivity contribution >= 4 is 18.0 Å². The summed E-state index contributed by atoms with van der Waals surface area (Å²) in [5.41, 5.74) is 4.58. The average molecular weight is 455 g/mol. The van der Waals surface area contributed by atoms with E-state index in [1.54, 1.807) is 0 Å². The number of ether oxygens (including phenoxy) is 2. The molecule has 8 heteroatoms. The Morgan fingerprint density at radius 2 is 1.61 bits per heavy atom. The van der Waals surface area contributed by atoms with Gasteiger partial charge >= 0.3 is 12.1 Å². The molecule has 1 aliphatic carbocycles. The molecule has 0 radical (unpaired) electrons. The number of alkyl carbamates (subject to hydrolysis) is 1. The number of carbonyl (C=O) groups excluding carboxylic acids is 2. The number of amides is 2. The maximum Gasteiger partial charge on any atom is 0.407 e. The lowest BCUT2D eigenvalue weighted by Gasteiger charge is -2.18. The van der Waals surface area contributed by atoms with E-state index in [9.17, 15) is 14.4 Å². The topological polar surface area (TPSA) is 114 Å². The first kappa shape index (κ1) is 24.3. The Kier molecular flexibility index (Phi) is 8.43. The Balaban J connectivity index is 1.48. The second kappa shape index (κ2) is 11.5. The van der Waals surface area contributed by atoms with Gasteiger partial charge in [-0.15, -0.1) is 0 Å². The van der Waals surface area contributed by atoms with Crippen molar-refractivity contribution in [3.05, 3.63) is 59.7 Å². The number of methoxy groups -OCH3 is 1. The van der Waals surface area contributed by atoms with Crippen LogP contribution in [0, 0.1) is 5.92 Å². The summed E-state index contributed by atoms with van der Waals surface area (Å²) in [6, 6.07) is 16.2. The van der Waals surface area contributed by atoms with E-state index < -0.39 is 24.1 Å². The van der Waals surface area contributed by atoms with Crippen molar-refractivity contribution in [2.75, 3.05) is 26.8 Å². The van der Waals surface area contributed by atoms with Crippen LogP contribution in [0.3, 0.4) is 0 Å². The molecule has 0 fully saturated rings. The molecule has 2 amide bonds. The molecule has 0 bridgehead atoms. The molecule has 33 heavy (non-hydrogen) atoms. The van der Waals surface area contributed by atoms with Gasteiger partial charge in [0, 0.05) is 32.5 Å². The molecule has 176 valence electrons. The predicted molar refractivity (Wildman–Crippen MR) is 123 cm³/mol. The third kappa shape index (κ3) is 5.90. The summed E-state index contributed by atoms with van der Waals surface area (Å²) >= 11 is 0. The Morgan fingerprint density at radius 3 is 2.15 bits per heavy atom. The first-order valence-electron chi connectivity index (χ1n) is 11.1. The summed E-state index contributed by atoms with van der Waals surface area (Å²) in [5, 5.41) is 14.4. The molecule has 3 N–H and O–H groups in total. The fraction of sp³-hybridized carbons (Fsp3) is 0.400. The lowest BCUT2D eigenvalue weighted by molar-refractivity contribution is -0.149. The fourth-order valence-electron chi connectivity index (χ4n) is 4.09. The number of rotatable bonds is 11. The maximum absolute atomic E-state index is 12.4. The van der Waals surface area contributed by atoms with Crippen LogP contribution in [0.4, 0.5) is 4.79 Å². The smallest absolute Gasteiger partial charge is 0.407 e. The number of aliphatic carboxylic acids is 1. The molecule has 0 aliphatic heterocycles. The second-order valence-electron chi connectivity index (χ2n) is 7.95. The normalized spacial score (nSPS) is 14.0. The number of hydrogen-bond acceptors (Lipinski definition) is 5. The Morgan fingerprint density at radius 1 is 1.00 bits per heavy atom. The minimum atomic E-state index is -1.07. The zero-order valence-electron chi connectivity index (χ0n) is 18.9. The molecule has 0 aromatic heterocycles. The molecule has 2 aromatic carbocycles. The third-order valence-corrected chi connectivity index (χ3v) is 5.97. The summed E-state index contributed by atoms with van der Waals surface area (Å²) in [6.07, 6.45) is -0.867. The van der Waals surface area contributed by atoms with Gasteiger partial charge in [-0.05, 0) is 28.7 Å². The molecule has 2 atom stereocenters. The van der Waals surface area contributed by atoms with Crippen LogP contribution < -0.4 is 10.6 Å². The quantitative estimate of drug-likeness (QED) is 0.481. The van der Waals surface area contributed by atoms with Gasteiger partial charge < -0.3 is 25.2 Å². The molecule has 2 aromatic rings. The summed E-state index contributed by atoms with van der Waals surface area (Å²) in [4.78, 5) is 35.7. The molecule has 8 nitrogen and oxygen atoms in total. The van der Waals surface area contributed by atoms with Crippen LogP contribution in [0.2, 0.25) is 0 Å². The van der Waals surface area contributed by atoms with Crippen LogP contribution in [-0.4, -0.2) is 56.0 Å². The highest BCUT2D eigenvalue weighted by atomic mass is 16.5. The van der Waals surface area contributed by atoms with Gasteiger partial charge in [0.2, 0.25) is 5.91 Å². The zero-order chi connectivity index (χ0) is 23.8. The summed E-state index contributed by atoms with van der Waals surface area (Å²) in [7, 11) is 1.31. The summed E-state index contributed by atoms with van der Waals surface area (Å²) < 4.78 is 10.4. The number of nitrogens with one attached hydrogen (secondary N) is 2. The van der Waals surface area contributed by atoms with E-state index in [2.05, 4.69) is 34.9 Å². The van der Waals surface area contributed by atoms with Crippen LogP contribution in [0.25, 0.3) is 11.1 Å². The van der Waals surface area contributed by atoms with Crippen molar-refractivity contribution in [1.29, 1.82) is 0 Å². The number of carboxylic acids is 1. The first-order valence-corrected chi connectivity index (χ1v) is 11.1. The van der Waals surface area contributed by atoms with Crippen LogP contribution in [0.15, 0.2) is 48.5 Å². The molecule has 0 heterocycles. The van der Waals surface area contributed by atoms with E-state index in [1.165, 1.54) is 7.11 Å². The SMILES string of the molecule is CCC(CNC(=O)OCC1c2ccccc2-c2ccccc21)C(=O)NCCC(OC)C(=O)O. The van der Waals surface area contributed by atoms with Crippen molar-refractivity contribution in [3.63, 3.8) is 0 Å². The largest absolute Gasteiger partial charge is 0.479 e.